The van der Waals surface area contributed by atoms with Crippen molar-refractivity contribution in [3.63, 3.8) is 0 Å². The number of amidine groups is 1. The Morgan fingerprint density at radius 1 is 1.32 bits per heavy atom. The summed E-state index contributed by atoms with van der Waals surface area (Å²) < 4.78 is 16.0. The first-order valence-electron chi connectivity index (χ1n) is 10.9. The van der Waals surface area contributed by atoms with Crippen LogP contribution in [0.5, 0.6) is 0 Å². The lowest BCUT2D eigenvalue weighted by atomic mass is 10.1. The lowest BCUT2D eigenvalue weighted by molar-refractivity contribution is -0.125. The van der Waals surface area contributed by atoms with Crippen molar-refractivity contribution in [2.75, 3.05) is 26.1 Å². The zero-order chi connectivity index (χ0) is 24.9. The van der Waals surface area contributed by atoms with Crippen LogP contribution in [-0.4, -0.2) is 54.9 Å². The van der Waals surface area contributed by atoms with Crippen molar-refractivity contribution in [3.05, 3.63) is 66.4 Å². The van der Waals surface area contributed by atoms with Crippen LogP contribution in [-0.2, 0) is 25.6 Å². The molecule has 3 rings (SSSR count). The van der Waals surface area contributed by atoms with Gasteiger partial charge in [-0.2, -0.15) is 5.10 Å². The predicted octanol–water partition coefficient (Wildman–Crippen LogP) is 2.73. The molecule has 1 aliphatic rings. The number of carbonyl (C=O) groups is 1. The summed E-state index contributed by atoms with van der Waals surface area (Å²) in [7, 11) is 3.27. The Labute approximate surface area is 202 Å². The van der Waals surface area contributed by atoms with Gasteiger partial charge in [-0.25, -0.2) is 10.8 Å². The normalized spacial score (nSPS) is 17.5. The van der Waals surface area contributed by atoms with Gasteiger partial charge in [-0.3, -0.25) is 9.80 Å². The second-order valence-corrected chi connectivity index (χ2v) is 7.54. The van der Waals surface area contributed by atoms with Gasteiger partial charge in [-0.15, -0.1) is 0 Å². The number of hydrazone groups is 1. The summed E-state index contributed by atoms with van der Waals surface area (Å²) in [4.78, 5) is 16.2. The minimum atomic E-state index is -0.456. The van der Waals surface area contributed by atoms with Crippen LogP contribution in [0.2, 0.25) is 0 Å². The number of hydrogen-bond acceptors (Lipinski definition) is 8. The zero-order valence-corrected chi connectivity index (χ0v) is 19.9. The molecule has 1 aliphatic heterocycles. The molecule has 0 spiro atoms. The number of likely N-dealkylation sites (N-methyl/N-ethyl adjacent to an activating group) is 1. The van der Waals surface area contributed by atoms with Crippen LogP contribution in [0.3, 0.4) is 0 Å². The minimum Gasteiger partial charge on any atom is -0.378 e. The molecule has 1 aromatic carbocycles. The first kappa shape index (κ1) is 26.9. The summed E-state index contributed by atoms with van der Waals surface area (Å²) in [5.74, 6) is 11.6. The molecule has 2 heterocycles. The Hall–Kier alpha value is -3.31. The summed E-state index contributed by atoms with van der Waals surface area (Å²) in [6, 6.07) is 15.0. The molecule has 1 saturated heterocycles. The van der Waals surface area contributed by atoms with E-state index in [-0.39, 0.29) is 19.9 Å². The van der Waals surface area contributed by atoms with E-state index in [1.165, 1.54) is 5.01 Å². The molecule has 0 saturated carbocycles. The third-order valence-corrected chi connectivity index (χ3v) is 4.83. The van der Waals surface area contributed by atoms with Gasteiger partial charge < -0.3 is 25.4 Å². The van der Waals surface area contributed by atoms with E-state index in [1.54, 1.807) is 20.2 Å². The van der Waals surface area contributed by atoms with Crippen molar-refractivity contribution in [1.29, 1.82) is 0 Å². The molecule has 2 atom stereocenters. The summed E-state index contributed by atoms with van der Waals surface area (Å²) >= 11 is 0. The van der Waals surface area contributed by atoms with E-state index in [4.69, 9.17) is 25.9 Å². The molecule has 34 heavy (non-hydrogen) atoms. The molecule has 0 radical (unpaired) electrons. The van der Waals surface area contributed by atoms with Gasteiger partial charge >= 0.3 is 0 Å². The van der Waals surface area contributed by atoms with E-state index in [0.717, 1.165) is 17.7 Å². The molecule has 1 aromatic heterocycles. The number of amides is 1. The van der Waals surface area contributed by atoms with Gasteiger partial charge in [0.25, 0.3) is 0 Å². The second-order valence-electron chi connectivity index (χ2n) is 7.54. The number of rotatable bonds is 8. The van der Waals surface area contributed by atoms with Crippen molar-refractivity contribution in [2.45, 2.75) is 38.8 Å². The number of hydrogen-bond donors (Lipinski definition) is 3. The highest BCUT2D eigenvalue weighted by atomic mass is 16.7. The molecule has 2 aromatic rings. The highest BCUT2D eigenvalue weighted by Gasteiger charge is 2.26. The number of benzene rings is 1. The molecule has 10 heteroatoms. The standard InChI is InChI=1S/C14H20N2O4.C10H14N4.H2/c1-3-11-9-19-14(20-11)7-13(17)16-12-6-4-5-10(15-12)8-18-2;1-8(10(13-11)14(2)12)9-6-4-3-5-7-9;/h4-6,11,14H,3,7-9H2,1-2H3,(H,15,16,17);3-7H,1,11-12H2,2H3;1H/b;13-10-;. The summed E-state index contributed by atoms with van der Waals surface area (Å²) in [5, 5.41) is 7.66. The summed E-state index contributed by atoms with van der Waals surface area (Å²) in [5.41, 5.74) is 2.43. The van der Waals surface area contributed by atoms with E-state index in [9.17, 15) is 4.79 Å². The number of pyridine rings is 1. The van der Waals surface area contributed by atoms with E-state index < -0.39 is 6.29 Å². The molecule has 10 nitrogen and oxygen atoms in total. The number of ether oxygens (including phenoxy) is 3. The maximum Gasteiger partial charge on any atom is 0.230 e. The number of methoxy groups -OCH3 is 1. The van der Waals surface area contributed by atoms with Crippen molar-refractivity contribution < 1.29 is 20.4 Å². The Bertz CT molecular complexity index is 958. The highest BCUT2D eigenvalue weighted by Crippen LogP contribution is 2.17. The lowest BCUT2D eigenvalue weighted by Crippen LogP contribution is -2.34. The van der Waals surface area contributed by atoms with Crippen molar-refractivity contribution in [3.8, 4) is 0 Å². The fourth-order valence-electron chi connectivity index (χ4n) is 3.10. The second kappa shape index (κ2) is 14.1. The van der Waals surface area contributed by atoms with Crippen LogP contribution in [0.1, 0.15) is 32.4 Å². The van der Waals surface area contributed by atoms with Crippen molar-refractivity contribution in [1.82, 2.24) is 9.99 Å². The van der Waals surface area contributed by atoms with Gasteiger partial charge in [0.2, 0.25) is 5.91 Å². The lowest BCUT2D eigenvalue weighted by Gasteiger charge is -2.16. The van der Waals surface area contributed by atoms with Gasteiger partial charge in [0.05, 0.1) is 31.4 Å². The number of anilines is 1. The first-order valence-corrected chi connectivity index (χ1v) is 10.9. The fraction of sp³-hybridized carbons (Fsp3) is 0.375. The average Bonchev–Trinajstić information content (AvgIpc) is 3.28. The van der Waals surface area contributed by atoms with Crippen LogP contribution < -0.4 is 17.0 Å². The molecule has 5 N–H and O–H groups in total. The Morgan fingerprint density at radius 2 is 2.06 bits per heavy atom. The van der Waals surface area contributed by atoms with Crippen LogP contribution in [0.15, 0.2) is 60.2 Å². The average molecular weight is 473 g/mol. The highest BCUT2D eigenvalue weighted by molar-refractivity contribution is 6.21. The van der Waals surface area contributed by atoms with E-state index in [1.807, 2.05) is 49.4 Å². The number of nitrogens with one attached hydrogen (secondary N) is 1. The van der Waals surface area contributed by atoms with Gasteiger partial charge in [0, 0.05) is 21.2 Å². The molecule has 1 fully saturated rings. The third kappa shape index (κ3) is 8.56. The fourth-order valence-corrected chi connectivity index (χ4v) is 3.10. The quantitative estimate of drug-likeness (QED) is 0.231. The van der Waals surface area contributed by atoms with Gasteiger partial charge in [0.15, 0.2) is 12.1 Å². The number of nitrogens with zero attached hydrogens (tertiary/aromatic N) is 3. The molecule has 1 amide bonds. The number of nitrogens with two attached hydrogens (primary N) is 2. The van der Waals surface area contributed by atoms with E-state index >= 15 is 0 Å². The molecule has 186 valence electrons. The van der Waals surface area contributed by atoms with E-state index in [2.05, 4.69) is 22.0 Å². The van der Waals surface area contributed by atoms with Crippen LogP contribution in [0.4, 0.5) is 5.82 Å². The molecular weight excluding hydrogens is 436 g/mol. The maximum atomic E-state index is 11.9. The van der Waals surface area contributed by atoms with Crippen molar-refractivity contribution in [2.24, 2.45) is 16.8 Å². The third-order valence-electron chi connectivity index (χ3n) is 4.83. The molecule has 2 unspecified atom stereocenters. The van der Waals surface area contributed by atoms with Crippen LogP contribution in [0, 0.1) is 0 Å². The summed E-state index contributed by atoms with van der Waals surface area (Å²) in [6.45, 7) is 6.88. The molecule has 0 aliphatic carbocycles. The smallest absolute Gasteiger partial charge is 0.230 e. The SMILES string of the molecule is C=C(/C(=N/N)N(C)N)c1ccccc1.CCC1COC(CC(=O)Nc2cccc(COC)n2)O1.[HH]. The van der Waals surface area contributed by atoms with Crippen LogP contribution >= 0.6 is 0 Å². The topological polar surface area (TPSA) is 137 Å². The van der Waals surface area contributed by atoms with Gasteiger partial charge in [-0.1, -0.05) is 49.9 Å². The van der Waals surface area contributed by atoms with Gasteiger partial charge in [-0.05, 0) is 24.1 Å². The number of hydrazine groups is 1. The van der Waals surface area contributed by atoms with Crippen molar-refractivity contribution >= 4 is 23.1 Å². The number of aromatic nitrogens is 1. The first-order chi connectivity index (χ1) is 16.4. The minimum absolute atomic E-state index is 0. The Kier molecular flexibility index (Phi) is 11.1. The predicted molar refractivity (Wildman–Crippen MR) is 134 cm³/mol. The zero-order valence-electron chi connectivity index (χ0n) is 19.9. The largest absolute Gasteiger partial charge is 0.378 e. The molecule has 0 bridgehead atoms. The van der Waals surface area contributed by atoms with E-state index in [0.29, 0.717) is 30.4 Å². The molecular formula is C24H36N6O4. The monoisotopic (exact) mass is 472 g/mol. The maximum absolute atomic E-state index is 11.9. The van der Waals surface area contributed by atoms with Gasteiger partial charge in [0.1, 0.15) is 5.82 Å². The summed E-state index contributed by atoms with van der Waals surface area (Å²) in [6.07, 6.45) is 0.698. The Balaban J connectivity index is 0.000000362. The van der Waals surface area contributed by atoms with Crippen LogP contribution in [0.25, 0.3) is 5.57 Å². The number of carbonyl (C=O) groups excluding carboxylic acids is 1. The Morgan fingerprint density at radius 3 is 2.65 bits per heavy atom.